The van der Waals surface area contributed by atoms with Crippen molar-refractivity contribution in [3.8, 4) is 0 Å². The van der Waals surface area contributed by atoms with Crippen LogP contribution in [0.5, 0.6) is 0 Å². The summed E-state index contributed by atoms with van der Waals surface area (Å²) >= 11 is 0. The zero-order chi connectivity index (χ0) is 19.0. The smallest absolute Gasteiger partial charge is 0.464 e. The molecular weight excluding hydrogens is 327 g/mol. The van der Waals surface area contributed by atoms with Gasteiger partial charge in [0.05, 0.1) is 12.2 Å². The monoisotopic (exact) mass is 355 g/mol. The zero-order valence-electron chi connectivity index (χ0n) is 15.0. The van der Waals surface area contributed by atoms with Crippen molar-refractivity contribution >= 4 is 11.9 Å². The van der Waals surface area contributed by atoms with Gasteiger partial charge in [0.2, 0.25) is 0 Å². The molecule has 0 aliphatic heterocycles. The fraction of sp³-hybridized carbons (Fsp3) is 0.875. The van der Waals surface area contributed by atoms with Gasteiger partial charge in [0.1, 0.15) is 6.04 Å². The molecule has 1 atom stereocenters. The number of nitrogens with one attached hydrogen (secondary N) is 1. The van der Waals surface area contributed by atoms with Crippen LogP contribution in [-0.4, -0.2) is 42.9 Å². The Balaban J connectivity index is 4.11. The normalized spacial score (nSPS) is 13.7. The van der Waals surface area contributed by atoms with Crippen LogP contribution in [0.25, 0.3) is 0 Å². The van der Waals surface area contributed by atoms with Crippen LogP contribution in [0.2, 0.25) is 0 Å². The summed E-state index contributed by atoms with van der Waals surface area (Å²) < 4.78 is 47.3. The third-order valence-electron chi connectivity index (χ3n) is 3.03. The third-order valence-corrected chi connectivity index (χ3v) is 3.03. The van der Waals surface area contributed by atoms with E-state index >= 15 is 0 Å². The van der Waals surface area contributed by atoms with Gasteiger partial charge in [0, 0.05) is 6.61 Å². The number of halogens is 3. The van der Waals surface area contributed by atoms with Crippen molar-refractivity contribution in [2.45, 2.75) is 71.7 Å². The number of carbonyl (C=O) groups excluding carboxylic acids is 2. The summed E-state index contributed by atoms with van der Waals surface area (Å²) in [6.07, 6.45) is -2.88. The second-order valence-corrected chi connectivity index (χ2v) is 6.88. The Morgan fingerprint density at radius 1 is 1.00 bits per heavy atom. The minimum Gasteiger partial charge on any atom is -0.464 e. The fourth-order valence-corrected chi connectivity index (χ4v) is 1.74. The highest BCUT2D eigenvalue weighted by Gasteiger charge is 2.41. The molecule has 0 rings (SSSR count). The minimum atomic E-state index is -5.03. The number of alkyl halides is 3. The third kappa shape index (κ3) is 10.5. The van der Waals surface area contributed by atoms with Crippen LogP contribution >= 0.6 is 0 Å². The van der Waals surface area contributed by atoms with E-state index in [1.54, 1.807) is 5.32 Å². The number of ether oxygens (including phenoxy) is 2. The van der Waals surface area contributed by atoms with Crippen LogP contribution in [0.3, 0.4) is 0 Å². The van der Waals surface area contributed by atoms with Gasteiger partial charge in [-0.25, -0.2) is 4.79 Å². The summed E-state index contributed by atoms with van der Waals surface area (Å²) in [5, 5.41) is 1.68. The molecule has 1 amide bonds. The standard InChI is InChI=1S/C16H28F3NO4/c1-11(2)12(20-14(22)16(17,18)19)13(21)23-9-7-6-8-10-24-15(3,4)5/h11-12H,6-10H2,1-5H3,(H,20,22)/t12-/m0/s1. The Labute approximate surface area is 141 Å². The zero-order valence-corrected chi connectivity index (χ0v) is 15.0. The van der Waals surface area contributed by atoms with Crippen molar-refractivity contribution in [1.82, 2.24) is 5.32 Å². The largest absolute Gasteiger partial charge is 0.471 e. The second kappa shape index (κ2) is 9.86. The maximum atomic E-state index is 12.3. The van der Waals surface area contributed by atoms with E-state index in [0.717, 1.165) is 12.8 Å². The summed E-state index contributed by atoms with van der Waals surface area (Å²) in [6, 6.07) is -1.32. The van der Waals surface area contributed by atoms with E-state index in [2.05, 4.69) is 0 Å². The number of esters is 1. The number of rotatable bonds is 9. The summed E-state index contributed by atoms with van der Waals surface area (Å²) in [4.78, 5) is 22.8. The first-order valence-electron chi connectivity index (χ1n) is 8.03. The van der Waals surface area contributed by atoms with E-state index in [-0.39, 0.29) is 12.2 Å². The first-order chi connectivity index (χ1) is 10.8. The molecule has 0 aliphatic rings. The number of unbranched alkanes of at least 4 members (excludes halogenated alkanes) is 2. The second-order valence-electron chi connectivity index (χ2n) is 6.88. The molecule has 0 radical (unpaired) electrons. The summed E-state index contributed by atoms with van der Waals surface area (Å²) in [6.45, 7) is 9.62. The van der Waals surface area contributed by atoms with E-state index in [4.69, 9.17) is 9.47 Å². The maximum absolute atomic E-state index is 12.3. The Morgan fingerprint density at radius 2 is 1.54 bits per heavy atom. The molecule has 0 fully saturated rings. The highest BCUT2D eigenvalue weighted by Crippen LogP contribution is 2.16. The van der Waals surface area contributed by atoms with Crippen LogP contribution in [0.4, 0.5) is 13.2 Å². The number of carbonyl (C=O) groups is 2. The van der Waals surface area contributed by atoms with Crippen LogP contribution in [0.1, 0.15) is 53.9 Å². The van der Waals surface area contributed by atoms with Crippen LogP contribution in [0.15, 0.2) is 0 Å². The molecule has 0 aromatic heterocycles. The highest BCUT2D eigenvalue weighted by molar-refractivity contribution is 5.87. The van der Waals surface area contributed by atoms with E-state index in [1.165, 1.54) is 13.8 Å². The Hall–Kier alpha value is -1.31. The van der Waals surface area contributed by atoms with Crippen molar-refractivity contribution in [2.75, 3.05) is 13.2 Å². The molecule has 0 bridgehead atoms. The predicted molar refractivity (Wildman–Crippen MR) is 83.3 cm³/mol. The molecule has 0 heterocycles. The van der Waals surface area contributed by atoms with Gasteiger partial charge in [-0.05, 0) is 46.0 Å². The molecule has 8 heteroatoms. The minimum absolute atomic E-state index is 0.0967. The molecule has 1 N–H and O–H groups in total. The number of hydrogen-bond donors (Lipinski definition) is 1. The lowest BCUT2D eigenvalue weighted by atomic mass is 10.0. The number of hydrogen-bond acceptors (Lipinski definition) is 4. The van der Waals surface area contributed by atoms with Crippen molar-refractivity contribution in [2.24, 2.45) is 5.92 Å². The molecule has 5 nitrogen and oxygen atoms in total. The van der Waals surface area contributed by atoms with Gasteiger partial charge in [-0.2, -0.15) is 13.2 Å². The van der Waals surface area contributed by atoms with Gasteiger partial charge in [-0.3, -0.25) is 4.79 Å². The molecule has 0 saturated carbocycles. The maximum Gasteiger partial charge on any atom is 0.471 e. The van der Waals surface area contributed by atoms with Crippen molar-refractivity contribution < 1.29 is 32.2 Å². The van der Waals surface area contributed by atoms with Crippen molar-refractivity contribution in [3.05, 3.63) is 0 Å². The summed E-state index contributed by atoms with van der Waals surface area (Å²) in [5.74, 6) is -3.50. The van der Waals surface area contributed by atoms with Gasteiger partial charge in [-0.15, -0.1) is 0 Å². The van der Waals surface area contributed by atoms with E-state index in [9.17, 15) is 22.8 Å². The fourth-order valence-electron chi connectivity index (χ4n) is 1.74. The Morgan fingerprint density at radius 3 is 2.00 bits per heavy atom. The first kappa shape index (κ1) is 22.7. The SMILES string of the molecule is CC(C)[C@H](NC(=O)C(F)(F)F)C(=O)OCCCCCOC(C)(C)C. The van der Waals surface area contributed by atoms with Gasteiger partial charge in [0.15, 0.2) is 0 Å². The molecule has 0 unspecified atom stereocenters. The lowest BCUT2D eigenvalue weighted by Crippen LogP contribution is -2.50. The van der Waals surface area contributed by atoms with Crippen LogP contribution in [0, 0.1) is 5.92 Å². The van der Waals surface area contributed by atoms with Crippen LogP contribution < -0.4 is 5.32 Å². The van der Waals surface area contributed by atoms with Crippen molar-refractivity contribution in [1.29, 1.82) is 0 Å². The van der Waals surface area contributed by atoms with Gasteiger partial charge in [-0.1, -0.05) is 13.8 Å². The molecule has 0 saturated heterocycles. The molecule has 0 aromatic rings. The van der Waals surface area contributed by atoms with Gasteiger partial charge in [0.25, 0.3) is 0 Å². The topological polar surface area (TPSA) is 64.6 Å². The van der Waals surface area contributed by atoms with Crippen LogP contribution in [-0.2, 0) is 19.1 Å². The average molecular weight is 355 g/mol. The van der Waals surface area contributed by atoms with Gasteiger partial charge < -0.3 is 14.8 Å². The predicted octanol–water partition coefficient (Wildman–Crippen LogP) is 3.22. The van der Waals surface area contributed by atoms with E-state index in [0.29, 0.717) is 13.0 Å². The van der Waals surface area contributed by atoms with Gasteiger partial charge >= 0.3 is 18.1 Å². The van der Waals surface area contributed by atoms with E-state index < -0.39 is 30.0 Å². The average Bonchev–Trinajstić information content (AvgIpc) is 2.40. The lowest BCUT2D eigenvalue weighted by molar-refractivity contribution is -0.176. The van der Waals surface area contributed by atoms with E-state index in [1.807, 2.05) is 20.8 Å². The molecule has 142 valence electrons. The Kier molecular flexibility index (Phi) is 9.32. The molecule has 24 heavy (non-hydrogen) atoms. The molecule has 0 aliphatic carbocycles. The quantitative estimate of drug-likeness (QED) is 0.509. The first-order valence-corrected chi connectivity index (χ1v) is 8.03. The lowest BCUT2D eigenvalue weighted by Gasteiger charge is -2.21. The molecular formula is C16H28F3NO4. The van der Waals surface area contributed by atoms with Crippen molar-refractivity contribution in [3.63, 3.8) is 0 Å². The summed E-state index contributed by atoms with van der Waals surface area (Å²) in [5.41, 5.74) is -0.201. The molecule has 0 aromatic carbocycles. The Bertz CT molecular complexity index is 403. The molecule has 0 spiro atoms. The summed E-state index contributed by atoms with van der Waals surface area (Å²) in [7, 11) is 0. The highest BCUT2D eigenvalue weighted by atomic mass is 19.4. The number of amides is 1.